The van der Waals surface area contributed by atoms with E-state index in [-0.39, 0.29) is 17.6 Å². The van der Waals surface area contributed by atoms with E-state index in [0.717, 1.165) is 41.9 Å². The summed E-state index contributed by atoms with van der Waals surface area (Å²) in [4.78, 5) is 18.9. The topological polar surface area (TPSA) is 88.9 Å². The van der Waals surface area contributed by atoms with Crippen molar-refractivity contribution in [3.05, 3.63) is 81.9 Å². The highest BCUT2D eigenvalue weighted by molar-refractivity contribution is 5.80. The summed E-state index contributed by atoms with van der Waals surface area (Å²) >= 11 is 0. The molecular formula is C27H32N6O2. The Kier molecular flexibility index (Phi) is 6.90. The molecule has 0 amide bonds. The molecule has 35 heavy (non-hydrogen) atoms. The summed E-state index contributed by atoms with van der Waals surface area (Å²) in [6, 6.07) is 17.9. The summed E-state index contributed by atoms with van der Waals surface area (Å²) in [7, 11) is 0. The lowest BCUT2D eigenvalue weighted by Gasteiger charge is -2.30. The molecule has 1 fully saturated rings. The van der Waals surface area contributed by atoms with E-state index in [1.807, 2.05) is 54.1 Å². The van der Waals surface area contributed by atoms with Crippen LogP contribution in [-0.4, -0.2) is 43.2 Å². The molecule has 8 nitrogen and oxygen atoms in total. The van der Waals surface area contributed by atoms with Crippen molar-refractivity contribution in [3.63, 3.8) is 0 Å². The van der Waals surface area contributed by atoms with Crippen LogP contribution in [0.15, 0.2) is 59.4 Å². The first kappa shape index (κ1) is 23.2. The van der Waals surface area contributed by atoms with Gasteiger partial charge in [-0.3, -0.25) is 9.69 Å². The molecule has 0 aliphatic heterocycles. The minimum atomic E-state index is -0.389. The van der Waals surface area contributed by atoms with Gasteiger partial charge in [0.15, 0.2) is 5.82 Å². The average molecular weight is 473 g/mol. The normalized spacial score (nSPS) is 15.2. The number of rotatable bonds is 9. The van der Waals surface area contributed by atoms with Crippen LogP contribution in [0.3, 0.4) is 0 Å². The summed E-state index contributed by atoms with van der Waals surface area (Å²) in [6.07, 6.45) is 4.46. The SMILES string of the molecule is CCOc1ccc2[nH]c(=O)c(C(c3nnnn3C3CCCC3)N(CC)Cc3ccccc3)cc2c1. The molecule has 1 atom stereocenters. The number of ether oxygens (including phenoxy) is 1. The fourth-order valence-corrected chi connectivity index (χ4v) is 5.15. The van der Waals surface area contributed by atoms with Crippen molar-refractivity contribution < 1.29 is 4.74 Å². The summed E-state index contributed by atoms with van der Waals surface area (Å²) in [6.45, 7) is 6.07. The molecule has 4 aromatic rings. The van der Waals surface area contributed by atoms with Crippen molar-refractivity contribution in [2.75, 3.05) is 13.2 Å². The van der Waals surface area contributed by atoms with Gasteiger partial charge in [-0.25, -0.2) is 4.68 Å². The highest BCUT2D eigenvalue weighted by atomic mass is 16.5. The number of fused-ring (bicyclic) bond motifs is 1. The van der Waals surface area contributed by atoms with Gasteiger partial charge in [-0.1, -0.05) is 50.1 Å². The second-order valence-electron chi connectivity index (χ2n) is 9.11. The number of nitrogens with one attached hydrogen (secondary N) is 1. The van der Waals surface area contributed by atoms with Crippen molar-refractivity contribution in [1.29, 1.82) is 0 Å². The van der Waals surface area contributed by atoms with Crippen LogP contribution in [0.4, 0.5) is 0 Å². The van der Waals surface area contributed by atoms with Gasteiger partial charge in [0.25, 0.3) is 5.56 Å². The van der Waals surface area contributed by atoms with Gasteiger partial charge in [0.1, 0.15) is 11.8 Å². The van der Waals surface area contributed by atoms with Crippen molar-refractivity contribution >= 4 is 10.9 Å². The predicted octanol–water partition coefficient (Wildman–Crippen LogP) is 4.64. The van der Waals surface area contributed by atoms with E-state index in [2.05, 4.69) is 44.5 Å². The van der Waals surface area contributed by atoms with Crippen LogP contribution in [0, 0.1) is 0 Å². The second kappa shape index (κ2) is 10.4. The third kappa shape index (κ3) is 4.84. The molecule has 0 radical (unpaired) electrons. The van der Waals surface area contributed by atoms with Gasteiger partial charge in [-0.05, 0) is 66.6 Å². The summed E-state index contributed by atoms with van der Waals surface area (Å²) in [5, 5.41) is 13.9. The standard InChI is InChI=1S/C27H32N6O2/c1-3-32(18-19-10-6-5-7-11-19)25(26-29-30-31-33(26)21-12-8-9-13-21)23-17-20-16-22(35-4-2)14-15-24(20)28-27(23)34/h5-7,10-11,14-17,21,25H,3-4,8-9,12-13,18H2,1-2H3,(H,28,34). The van der Waals surface area contributed by atoms with Crippen LogP contribution < -0.4 is 10.3 Å². The van der Waals surface area contributed by atoms with Crippen molar-refractivity contribution in [3.8, 4) is 5.75 Å². The van der Waals surface area contributed by atoms with E-state index >= 15 is 0 Å². The Morgan fingerprint density at radius 2 is 1.91 bits per heavy atom. The first-order chi connectivity index (χ1) is 17.2. The van der Waals surface area contributed by atoms with E-state index < -0.39 is 0 Å². The van der Waals surface area contributed by atoms with Gasteiger partial charge in [0, 0.05) is 23.0 Å². The first-order valence-corrected chi connectivity index (χ1v) is 12.5. The Hall–Kier alpha value is -3.52. The second-order valence-corrected chi connectivity index (χ2v) is 9.11. The quantitative estimate of drug-likeness (QED) is 0.382. The fourth-order valence-electron chi connectivity index (χ4n) is 5.15. The van der Waals surface area contributed by atoms with Crippen molar-refractivity contribution in [2.45, 2.75) is 58.2 Å². The molecule has 1 aliphatic carbocycles. The maximum Gasteiger partial charge on any atom is 0.253 e. The average Bonchev–Trinajstić information content (AvgIpc) is 3.57. The maximum absolute atomic E-state index is 13.5. The van der Waals surface area contributed by atoms with Crippen LogP contribution in [0.5, 0.6) is 5.75 Å². The molecule has 1 saturated carbocycles. The number of tetrazole rings is 1. The lowest BCUT2D eigenvalue weighted by atomic mass is 10.0. The molecule has 5 rings (SSSR count). The van der Waals surface area contributed by atoms with Crippen LogP contribution in [0.25, 0.3) is 10.9 Å². The van der Waals surface area contributed by atoms with Gasteiger partial charge in [-0.15, -0.1) is 5.10 Å². The molecule has 2 aromatic carbocycles. The van der Waals surface area contributed by atoms with Gasteiger partial charge >= 0.3 is 0 Å². The lowest BCUT2D eigenvalue weighted by Crippen LogP contribution is -2.35. The molecular weight excluding hydrogens is 440 g/mol. The molecule has 0 saturated heterocycles. The molecule has 2 aromatic heterocycles. The van der Waals surface area contributed by atoms with Crippen LogP contribution in [-0.2, 0) is 6.54 Å². The lowest BCUT2D eigenvalue weighted by molar-refractivity contribution is 0.210. The van der Waals surface area contributed by atoms with Gasteiger partial charge in [0.2, 0.25) is 0 Å². The summed E-state index contributed by atoms with van der Waals surface area (Å²) in [5.41, 5.74) is 2.47. The third-order valence-corrected chi connectivity index (χ3v) is 6.88. The number of aromatic amines is 1. The molecule has 8 heteroatoms. The summed E-state index contributed by atoms with van der Waals surface area (Å²) in [5.74, 6) is 1.50. The van der Waals surface area contributed by atoms with Crippen LogP contribution in [0.1, 0.15) is 68.6 Å². The highest BCUT2D eigenvalue weighted by Crippen LogP contribution is 2.34. The van der Waals surface area contributed by atoms with Crippen molar-refractivity contribution in [1.82, 2.24) is 30.1 Å². The smallest absolute Gasteiger partial charge is 0.253 e. The van der Waals surface area contributed by atoms with E-state index in [4.69, 9.17) is 4.74 Å². The zero-order valence-electron chi connectivity index (χ0n) is 20.4. The Labute approximate surface area is 204 Å². The number of pyridine rings is 1. The Balaban J connectivity index is 1.65. The van der Waals surface area contributed by atoms with E-state index in [1.54, 1.807) is 0 Å². The van der Waals surface area contributed by atoms with E-state index in [1.165, 1.54) is 18.4 Å². The minimum Gasteiger partial charge on any atom is -0.494 e. The Morgan fingerprint density at radius 1 is 1.11 bits per heavy atom. The molecule has 1 unspecified atom stereocenters. The highest BCUT2D eigenvalue weighted by Gasteiger charge is 2.32. The molecule has 2 heterocycles. The zero-order chi connectivity index (χ0) is 24.2. The minimum absolute atomic E-state index is 0.126. The monoisotopic (exact) mass is 472 g/mol. The van der Waals surface area contributed by atoms with Crippen LogP contribution in [0.2, 0.25) is 0 Å². The van der Waals surface area contributed by atoms with Gasteiger partial charge in [-0.2, -0.15) is 0 Å². The van der Waals surface area contributed by atoms with E-state index in [0.29, 0.717) is 18.7 Å². The molecule has 0 bridgehead atoms. The number of aromatic nitrogens is 5. The number of nitrogens with zero attached hydrogens (tertiary/aromatic N) is 5. The fraction of sp³-hybridized carbons (Fsp3) is 0.407. The Bertz CT molecular complexity index is 1330. The van der Waals surface area contributed by atoms with E-state index in [9.17, 15) is 4.79 Å². The number of hydrogen-bond donors (Lipinski definition) is 1. The first-order valence-electron chi connectivity index (χ1n) is 12.5. The number of H-pyrrole nitrogens is 1. The van der Waals surface area contributed by atoms with Gasteiger partial charge in [0.05, 0.1) is 12.6 Å². The Morgan fingerprint density at radius 3 is 2.66 bits per heavy atom. The third-order valence-electron chi connectivity index (χ3n) is 6.88. The predicted molar refractivity (Wildman–Crippen MR) is 135 cm³/mol. The largest absolute Gasteiger partial charge is 0.494 e. The maximum atomic E-state index is 13.5. The number of benzene rings is 2. The van der Waals surface area contributed by atoms with Gasteiger partial charge < -0.3 is 9.72 Å². The van der Waals surface area contributed by atoms with Crippen LogP contribution >= 0.6 is 0 Å². The molecule has 182 valence electrons. The molecule has 1 aliphatic rings. The summed E-state index contributed by atoms with van der Waals surface area (Å²) < 4.78 is 7.68. The zero-order valence-corrected chi connectivity index (χ0v) is 20.4. The molecule has 0 spiro atoms. The van der Waals surface area contributed by atoms with Crippen molar-refractivity contribution in [2.24, 2.45) is 0 Å². The molecule has 1 N–H and O–H groups in total. The number of hydrogen-bond acceptors (Lipinski definition) is 6.